The van der Waals surface area contributed by atoms with Crippen molar-refractivity contribution in [3.8, 4) is 11.5 Å². The number of hydrogen-bond acceptors (Lipinski definition) is 7. The lowest BCUT2D eigenvalue weighted by Crippen LogP contribution is -2.18. The highest BCUT2D eigenvalue weighted by molar-refractivity contribution is 7.99. The Morgan fingerprint density at radius 3 is 2.86 bits per heavy atom. The van der Waals surface area contributed by atoms with E-state index in [1.54, 1.807) is 31.4 Å². The lowest BCUT2D eigenvalue weighted by atomic mass is 10.3. The average Bonchev–Trinajstić information content (AvgIpc) is 3.07. The first-order valence-corrected chi connectivity index (χ1v) is 9.66. The number of methoxy groups -OCH3 is 1. The van der Waals surface area contributed by atoms with E-state index in [0.717, 1.165) is 11.8 Å². The molecule has 0 radical (unpaired) electrons. The number of anilines is 1. The quantitative estimate of drug-likeness (QED) is 0.412. The van der Waals surface area contributed by atoms with Crippen LogP contribution in [0, 0.1) is 5.82 Å². The van der Waals surface area contributed by atoms with E-state index in [1.165, 1.54) is 22.9 Å². The fourth-order valence-electron chi connectivity index (χ4n) is 2.25. The van der Waals surface area contributed by atoms with Crippen LogP contribution >= 0.6 is 23.4 Å². The molecule has 152 valence electrons. The number of hydrogen-bond donors (Lipinski definition) is 2. The van der Waals surface area contributed by atoms with E-state index in [9.17, 15) is 9.18 Å². The Labute approximate surface area is 175 Å². The number of nitrogens with one attached hydrogen (secondary N) is 1. The van der Waals surface area contributed by atoms with Crippen LogP contribution in [0.5, 0.6) is 11.5 Å². The van der Waals surface area contributed by atoms with Gasteiger partial charge in [-0.3, -0.25) is 4.79 Å². The number of amides is 1. The summed E-state index contributed by atoms with van der Waals surface area (Å²) in [5.74, 6) is 6.53. The summed E-state index contributed by atoms with van der Waals surface area (Å²) in [6.07, 6.45) is 0. The molecule has 1 aromatic heterocycles. The molecular formula is C18H17ClFN5O3S. The minimum Gasteiger partial charge on any atom is -0.497 e. The molecule has 0 spiro atoms. The SMILES string of the molecule is COc1cccc(OCc2nnc(SCC(=O)Nc3cc(Cl)ccc3F)n2N)c1. The Bertz CT molecular complexity index is 1020. The molecule has 0 aliphatic rings. The van der Waals surface area contributed by atoms with Crippen molar-refractivity contribution in [3.05, 3.63) is 59.1 Å². The first-order chi connectivity index (χ1) is 14.0. The third-order valence-electron chi connectivity index (χ3n) is 3.68. The topological polar surface area (TPSA) is 104 Å². The van der Waals surface area contributed by atoms with Crippen molar-refractivity contribution in [1.29, 1.82) is 0 Å². The summed E-state index contributed by atoms with van der Waals surface area (Å²) < 4.78 is 25.7. The predicted molar refractivity (Wildman–Crippen MR) is 108 cm³/mol. The van der Waals surface area contributed by atoms with Crippen LogP contribution in [0.25, 0.3) is 0 Å². The van der Waals surface area contributed by atoms with E-state index in [4.69, 9.17) is 26.9 Å². The number of aromatic nitrogens is 3. The summed E-state index contributed by atoms with van der Waals surface area (Å²) >= 11 is 6.86. The van der Waals surface area contributed by atoms with Crippen molar-refractivity contribution in [2.24, 2.45) is 0 Å². The van der Waals surface area contributed by atoms with E-state index in [0.29, 0.717) is 27.5 Å². The minimum atomic E-state index is -0.577. The molecule has 3 rings (SSSR count). The van der Waals surface area contributed by atoms with Gasteiger partial charge in [-0.05, 0) is 30.3 Å². The molecule has 0 aliphatic carbocycles. The van der Waals surface area contributed by atoms with Gasteiger partial charge >= 0.3 is 0 Å². The maximum Gasteiger partial charge on any atom is 0.234 e. The monoisotopic (exact) mass is 437 g/mol. The molecular weight excluding hydrogens is 421 g/mol. The number of rotatable bonds is 8. The Balaban J connectivity index is 1.55. The summed E-state index contributed by atoms with van der Waals surface area (Å²) in [5.41, 5.74) is 0.00435. The molecule has 1 heterocycles. The molecule has 11 heteroatoms. The number of nitrogens with two attached hydrogens (primary N) is 1. The summed E-state index contributed by atoms with van der Waals surface area (Å²) in [5, 5.41) is 11.0. The number of nitrogen functional groups attached to an aromatic ring is 1. The second-order valence-electron chi connectivity index (χ2n) is 5.70. The van der Waals surface area contributed by atoms with Crippen molar-refractivity contribution >= 4 is 35.0 Å². The number of nitrogens with zero attached hydrogens (tertiary/aromatic N) is 3. The van der Waals surface area contributed by atoms with Crippen molar-refractivity contribution in [2.45, 2.75) is 11.8 Å². The molecule has 0 atom stereocenters. The first kappa shape index (κ1) is 20.7. The largest absolute Gasteiger partial charge is 0.497 e. The molecule has 0 saturated heterocycles. The fraction of sp³-hybridized carbons (Fsp3) is 0.167. The predicted octanol–water partition coefficient (Wildman–Crippen LogP) is 3.10. The number of ether oxygens (including phenoxy) is 2. The summed E-state index contributed by atoms with van der Waals surface area (Å²) in [6, 6.07) is 11.0. The lowest BCUT2D eigenvalue weighted by Gasteiger charge is -2.08. The van der Waals surface area contributed by atoms with Crippen LogP contribution in [0.3, 0.4) is 0 Å². The molecule has 1 amide bonds. The number of benzene rings is 2. The van der Waals surface area contributed by atoms with E-state index < -0.39 is 11.7 Å². The molecule has 0 fully saturated rings. The van der Waals surface area contributed by atoms with Gasteiger partial charge in [0.2, 0.25) is 11.1 Å². The first-order valence-electron chi connectivity index (χ1n) is 8.30. The van der Waals surface area contributed by atoms with E-state index in [-0.39, 0.29) is 18.0 Å². The van der Waals surface area contributed by atoms with Gasteiger partial charge in [0.15, 0.2) is 5.82 Å². The number of carbonyl (C=O) groups excluding carboxylic acids is 1. The molecule has 0 aliphatic heterocycles. The maximum absolute atomic E-state index is 13.7. The molecule has 29 heavy (non-hydrogen) atoms. The summed E-state index contributed by atoms with van der Waals surface area (Å²) in [7, 11) is 1.57. The zero-order valence-electron chi connectivity index (χ0n) is 15.3. The highest BCUT2D eigenvalue weighted by Gasteiger charge is 2.14. The Hall–Kier alpha value is -2.98. The van der Waals surface area contributed by atoms with Crippen molar-refractivity contribution in [1.82, 2.24) is 14.9 Å². The van der Waals surface area contributed by atoms with Crippen molar-refractivity contribution < 1.29 is 18.7 Å². The normalized spacial score (nSPS) is 10.6. The molecule has 3 N–H and O–H groups in total. The zero-order valence-corrected chi connectivity index (χ0v) is 16.8. The summed E-state index contributed by atoms with van der Waals surface area (Å²) in [6.45, 7) is 0.0805. The lowest BCUT2D eigenvalue weighted by molar-refractivity contribution is -0.113. The summed E-state index contributed by atoms with van der Waals surface area (Å²) in [4.78, 5) is 12.1. The molecule has 0 bridgehead atoms. The van der Waals surface area contributed by atoms with Gasteiger partial charge in [0.25, 0.3) is 0 Å². The fourth-order valence-corrected chi connectivity index (χ4v) is 3.10. The van der Waals surface area contributed by atoms with Gasteiger partial charge in [-0.15, -0.1) is 10.2 Å². The Morgan fingerprint density at radius 2 is 2.07 bits per heavy atom. The smallest absolute Gasteiger partial charge is 0.234 e. The van der Waals surface area contributed by atoms with Gasteiger partial charge in [-0.2, -0.15) is 0 Å². The van der Waals surface area contributed by atoms with Gasteiger partial charge in [0, 0.05) is 11.1 Å². The van der Waals surface area contributed by atoms with Crippen LogP contribution in [0.2, 0.25) is 5.02 Å². The number of halogens is 2. The van der Waals surface area contributed by atoms with Crippen LogP contribution in [-0.4, -0.2) is 33.6 Å². The second-order valence-corrected chi connectivity index (χ2v) is 7.08. The maximum atomic E-state index is 13.7. The highest BCUT2D eigenvalue weighted by Crippen LogP contribution is 2.22. The van der Waals surface area contributed by atoms with Crippen molar-refractivity contribution in [2.75, 3.05) is 24.0 Å². The van der Waals surface area contributed by atoms with E-state index in [2.05, 4.69) is 15.5 Å². The molecule has 0 saturated carbocycles. The number of thioether (sulfide) groups is 1. The van der Waals surface area contributed by atoms with Crippen LogP contribution in [0.4, 0.5) is 10.1 Å². The van der Waals surface area contributed by atoms with E-state index >= 15 is 0 Å². The molecule has 2 aromatic carbocycles. The van der Waals surface area contributed by atoms with Gasteiger partial charge in [-0.1, -0.05) is 29.4 Å². The van der Waals surface area contributed by atoms with Crippen LogP contribution < -0.4 is 20.6 Å². The average molecular weight is 438 g/mol. The Kier molecular flexibility index (Phi) is 6.78. The van der Waals surface area contributed by atoms with Crippen LogP contribution in [0.15, 0.2) is 47.6 Å². The van der Waals surface area contributed by atoms with Crippen molar-refractivity contribution in [3.63, 3.8) is 0 Å². The highest BCUT2D eigenvalue weighted by atomic mass is 35.5. The van der Waals surface area contributed by atoms with Gasteiger partial charge in [-0.25, -0.2) is 9.07 Å². The minimum absolute atomic E-state index is 0.00435. The van der Waals surface area contributed by atoms with Gasteiger partial charge < -0.3 is 20.6 Å². The van der Waals surface area contributed by atoms with Gasteiger partial charge in [0.1, 0.15) is 23.9 Å². The Morgan fingerprint density at radius 1 is 1.28 bits per heavy atom. The second kappa shape index (κ2) is 9.48. The molecule has 0 unspecified atom stereocenters. The van der Waals surface area contributed by atoms with Crippen LogP contribution in [-0.2, 0) is 11.4 Å². The van der Waals surface area contributed by atoms with E-state index in [1.807, 2.05) is 0 Å². The van der Waals surface area contributed by atoms with Crippen LogP contribution in [0.1, 0.15) is 5.82 Å². The molecule has 8 nitrogen and oxygen atoms in total. The molecule has 3 aromatic rings. The number of carbonyl (C=O) groups is 1. The third-order valence-corrected chi connectivity index (χ3v) is 4.86. The standard InChI is InChI=1S/C18H17ClFN5O3S/c1-27-12-3-2-4-13(8-12)28-9-16-23-24-18(25(16)21)29-10-17(26)22-15-7-11(19)5-6-14(15)20/h2-8H,9-10,21H2,1H3,(H,22,26). The van der Waals surface area contributed by atoms with Gasteiger partial charge in [0.05, 0.1) is 18.6 Å². The zero-order chi connectivity index (χ0) is 20.8. The third kappa shape index (κ3) is 5.52.